The Bertz CT molecular complexity index is 1340. The van der Waals surface area contributed by atoms with Crippen LogP contribution in [0.5, 0.6) is 0 Å². The molecule has 4 aromatic carbocycles. The van der Waals surface area contributed by atoms with E-state index in [9.17, 15) is 9.90 Å². The second-order valence-electron chi connectivity index (χ2n) is 10.2. The zero-order valence-corrected chi connectivity index (χ0v) is 23.4. The van der Waals surface area contributed by atoms with Crippen LogP contribution in [0.15, 0.2) is 121 Å². The minimum atomic E-state index is -0.888. The summed E-state index contributed by atoms with van der Waals surface area (Å²) in [4.78, 5) is 13.4. The average molecular weight is 569 g/mol. The van der Waals surface area contributed by atoms with Crippen LogP contribution >= 0.6 is 0 Å². The van der Waals surface area contributed by atoms with Crippen molar-refractivity contribution in [2.24, 2.45) is 0 Å². The van der Waals surface area contributed by atoms with E-state index in [4.69, 9.17) is 23.7 Å². The van der Waals surface area contributed by atoms with Crippen molar-refractivity contribution in [3.05, 3.63) is 144 Å². The summed E-state index contributed by atoms with van der Waals surface area (Å²) in [7, 11) is 0. The molecule has 1 aliphatic heterocycles. The van der Waals surface area contributed by atoms with Gasteiger partial charge < -0.3 is 28.8 Å². The number of hydrogen-bond acceptors (Lipinski definition) is 7. The summed E-state index contributed by atoms with van der Waals surface area (Å²) in [5.74, 6) is -0.509. The topological polar surface area (TPSA) is 83.5 Å². The molecule has 0 bridgehead atoms. The predicted molar refractivity (Wildman–Crippen MR) is 158 cm³/mol. The summed E-state index contributed by atoms with van der Waals surface area (Å²) >= 11 is 0. The van der Waals surface area contributed by atoms with Crippen LogP contribution in [0.1, 0.15) is 27.0 Å². The highest BCUT2D eigenvalue weighted by molar-refractivity contribution is 5.89. The summed E-state index contributed by atoms with van der Waals surface area (Å²) in [5, 5.41) is 10.4. The molecule has 7 nitrogen and oxygen atoms in total. The third-order valence-electron chi connectivity index (χ3n) is 7.13. The predicted octanol–water partition coefficient (Wildman–Crippen LogP) is 5.36. The van der Waals surface area contributed by atoms with Gasteiger partial charge in [0, 0.05) is 0 Å². The van der Waals surface area contributed by atoms with Gasteiger partial charge in [-0.05, 0) is 28.8 Å². The van der Waals surface area contributed by atoms with Gasteiger partial charge in [0.05, 0.1) is 38.6 Å². The second-order valence-corrected chi connectivity index (χ2v) is 10.2. The lowest BCUT2D eigenvalue weighted by molar-refractivity contribution is -0.264. The van der Waals surface area contributed by atoms with Crippen LogP contribution in [0.4, 0.5) is 0 Å². The van der Waals surface area contributed by atoms with Crippen LogP contribution < -0.4 is 0 Å². The van der Waals surface area contributed by atoms with Crippen molar-refractivity contribution in [1.82, 2.24) is 0 Å². The third-order valence-corrected chi connectivity index (χ3v) is 7.13. The smallest absolute Gasteiger partial charge is 0.338 e. The number of aliphatic hydroxyl groups excluding tert-OH is 1. The highest BCUT2D eigenvalue weighted by Gasteiger charge is 2.49. The summed E-state index contributed by atoms with van der Waals surface area (Å²) in [6.07, 6.45) is -3.84. The highest BCUT2D eigenvalue weighted by Crippen LogP contribution is 2.31. The van der Waals surface area contributed by atoms with E-state index in [1.54, 1.807) is 24.3 Å². The minimum Gasteiger partial charge on any atom is -0.453 e. The standard InChI is InChI=1S/C35H36O7/c36-21-30-32(39-23-27-15-7-2-8-16-27)34(42-35(37)29-19-11-4-12-20-29)33(40-24-28-17-9-3-10-18-28)31(41-30)25-38-22-26-13-5-1-6-14-26/h1-20,30-34,36H,21-25H2/t30-,31+,32-,33+,34+/m0/s1. The molecular formula is C35H36O7. The first-order valence-electron chi connectivity index (χ1n) is 14.2. The SMILES string of the molecule is O=C(O[C@@H]1[C@@H](OCc2ccccc2)[C@H](CO)O[C@H](COCc2ccccc2)[C@H]1OCc1ccccc1)c1ccccc1. The number of hydrogen-bond donors (Lipinski definition) is 1. The molecule has 1 fully saturated rings. The van der Waals surface area contributed by atoms with E-state index >= 15 is 0 Å². The zero-order chi connectivity index (χ0) is 29.0. The van der Waals surface area contributed by atoms with E-state index in [0.29, 0.717) is 12.2 Å². The maximum absolute atomic E-state index is 13.4. The van der Waals surface area contributed by atoms with Crippen LogP contribution in [-0.4, -0.2) is 54.8 Å². The van der Waals surface area contributed by atoms with Crippen LogP contribution in [0, 0.1) is 0 Å². The van der Waals surface area contributed by atoms with Gasteiger partial charge in [-0.1, -0.05) is 109 Å². The quantitative estimate of drug-likeness (QED) is 0.218. The van der Waals surface area contributed by atoms with Crippen molar-refractivity contribution >= 4 is 5.97 Å². The molecule has 218 valence electrons. The van der Waals surface area contributed by atoms with Gasteiger partial charge in [0.1, 0.15) is 24.4 Å². The molecule has 0 amide bonds. The number of rotatable bonds is 13. The first kappa shape index (κ1) is 29.6. The number of carbonyl (C=O) groups excluding carboxylic acids is 1. The monoisotopic (exact) mass is 568 g/mol. The molecule has 0 radical (unpaired) electrons. The van der Waals surface area contributed by atoms with Crippen molar-refractivity contribution in [2.45, 2.75) is 50.3 Å². The maximum atomic E-state index is 13.4. The Kier molecular flexibility index (Phi) is 10.9. The Hall–Kier alpha value is -3.85. The van der Waals surface area contributed by atoms with Crippen molar-refractivity contribution in [2.75, 3.05) is 13.2 Å². The van der Waals surface area contributed by atoms with Crippen LogP contribution in [0.25, 0.3) is 0 Å². The molecular weight excluding hydrogens is 532 g/mol. The van der Waals surface area contributed by atoms with Crippen molar-refractivity contribution in [1.29, 1.82) is 0 Å². The fraction of sp³-hybridized carbons (Fsp3) is 0.286. The van der Waals surface area contributed by atoms with Gasteiger partial charge in [0.25, 0.3) is 0 Å². The van der Waals surface area contributed by atoms with E-state index < -0.39 is 36.5 Å². The van der Waals surface area contributed by atoms with E-state index in [0.717, 1.165) is 16.7 Å². The average Bonchev–Trinajstić information content (AvgIpc) is 3.05. The van der Waals surface area contributed by atoms with Crippen LogP contribution in [0.2, 0.25) is 0 Å². The molecule has 0 unspecified atom stereocenters. The highest BCUT2D eigenvalue weighted by atomic mass is 16.6. The Morgan fingerprint density at radius 3 is 1.55 bits per heavy atom. The molecule has 0 aromatic heterocycles. The molecule has 42 heavy (non-hydrogen) atoms. The number of carbonyl (C=O) groups is 1. The summed E-state index contributed by atoms with van der Waals surface area (Å²) in [5.41, 5.74) is 3.33. The molecule has 7 heteroatoms. The molecule has 5 rings (SSSR count). The number of ether oxygens (including phenoxy) is 5. The molecule has 1 heterocycles. The molecule has 0 spiro atoms. The largest absolute Gasteiger partial charge is 0.453 e. The fourth-order valence-electron chi connectivity index (χ4n) is 4.98. The molecule has 4 aromatic rings. The van der Waals surface area contributed by atoms with Crippen molar-refractivity contribution in [3.63, 3.8) is 0 Å². The van der Waals surface area contributed by atoms with E-state index in [1.165, 1.54) is 0 Å². The first-order valence-corrected chi connectivity index (χ1v) is 14.2. The number of benzene rings is 4. The van der Waals surface area contributed by atoms with Crippen molar-refractivity contribution in [3.8, 4) is 0 Å². The van der Waals surface area contributed by atoms with Gasteiger partial charge in [-0.3, -0.25) is 0 Å². The maximum Gasteiger partial charge on any atom is 0.338 e. The molecule has 1 saturated heterocycles. The lowest BCUT2D eigenvalue weighted by Crippen LogP contribution is -2.62. The van der Waals surface area contributed by atoms with Gasteiger partial charge in [0.2, 0.25) is 0 Å². The lowest BCUT2D eigenvalue weighted by atomic mass is 9.94. The van der Waals surface area contributed by atoms with Gasteiger partial charge in [-0.15, -0.1) is 0 Å². The second kappa shape index (κ2) is 15.4. The van der Waals surface area contributed by atoms with E-state index in [-0.39, 0.29) is 26.4 Å². The minimum absolute atomic E-state index is 0.162. The van der Waals surface area contributed by atoms with E-state index in [2.05, 4.69) is 0 Å². The summed E-state index contributed by atoms with van der Waals surface area (Å²) < 4.78 is 31.4. The lowest BCUT2D eigenvalue weighted by Gasteiger charge is -2.45. The normalized spacial score (nSPS) is 22.0. The van der Waals surface area contributed by atoms with Gasteiger partial charge in [-0.2, -0.15) is 0 Å². The molecule has 1 N–H and O–H groups in total. The number of esters is 1. The summed E-state index contributed by atoms with van der Waals surface area (Å²) in [6.45, 7) is 0.706. The molecule has 5 atom stereocenters. The Balaban J connectivity index is 1.42. The van der Waals surface area contributed by atoms with Crippen LogP contribution in [0.3, 0.4) is 0 Å². The van der Waals surface area contributed by atoms with Crippen LogP contribution in [-0.2, 0) is 43.5 Å². The first-order chi connectivity index (χ1) is 20.7. The zero-order valence-electron chi connectivity index (χ0n) is 23.4. The van der Waals surface area contributed by atoms with Gasteiger partial charge >= 0.3 is 5.97 Å². The molecule has 0 saturated carbocycles. The van der Waals surface area contributed by atoms with Gasteiger partial charge in [-0.25, -0.2) is 4.79 Å². The molecule has 1 aliphatic rings. The number of aliphatic hydroxyl groups is 1. The van der Waals surface area contributed by atoms with Gasteiger partial charge in [0.15, 0.2) is 6.10 Å². The fourth-order valence-corrected chi connectivity index (χ4v) is 4.98. The van der Waals surface area contributed by atoms with Crippen molar-refractivity contribution < 1.29 is 33.6 Å². The molecule has 0 aliphatic carbocycles. The van der Waals surface area contributed by atoms with E-state index in [1.807, 2.05) is 97.1 Å². The Morgan fingerprint density at radius 1 is 0.595 bits per heavy atom. The summed E-state index contributed by atoms with van der Waals surface area (Å²) in [6, 6.07) is 38.1. The Morgan fingerprint density at radius 2 is 1.05 bits per heavy atom. The third kappa shape index (κ3) is 8.12. The Labute approximate surface area is 246 Å².